The fourth-order valence-corrected chi connectivity index (χ4v) is 10.7. The number of fused-ring (bicyclic) bond motifs is 7. The lowest BCUT2D eigenvalue weighted by Gasteiger charge is -2.42. The average molecular weight is 724 g/mol. The topological polar surface area (TPSA) is 17.3 Å². The van der Waals surface area contributed by atoms with E-state index in [1.54, 1.807) is 36.4 Å². The van der Waals surface area contributed by atoms with Gasteiger partial charge in [0.05, 0.1) is 21.3 Å². The second kappa shape index (κ2) is 11.9. The number of benzene rings is 6. The molecule has 0 saturated carbocycles. The molecule has 0 atom stereocenters. The number of thiazole rings is 1. The van der Waals surface area contributed by atoms with Gasteiger partial charge in [-0.25, -0.2) is 4.98 Å². The SMILES string of the molecule is [2H]C([2H])([2H])c1ccc(-c2c(C([2H])([2H])[2H])ccc3c2Sc2ccccc2C(C)(C)C3(C)C)cc1-c1cc(-c2c(C([2H])([2H])C)ccc3c2sc2nc4ccccc4n23)ccc1C([2H])([2H])[2H]. The lowest BCUT2D eigenvalue weighted by atomic mass is 9.61. The second-order valence-corrected chi connectivity index (χ2v) is 16.7. The maximum atomic E-state index is 8.96. The Labute approximate surface area is 331 Å². The maximum absolute atomic E-state index is 8.96. The van der Waals surface area contributed by atoms with Crippen LogP contribution in [0, 0.1) is 20.6 Å². The Morgan fingerprint density at radius 1 is 0.673 bits per heavy atom. The molecule has 0 N–H and O–H groups in total. The van der Waals surface area contributed by atoms with Crippen molar-refractivity contribution in [3.63, 3.8) is 0 Å². The first-order valence-electron chi connectivity index (χ1n) is 22.9. The molecular formula is C48H44N2S2. The van der Waals surface area contributed by atoms with Crippen LogP contribution in [0.5, 0.6) is 0 Å². The minimum atomic E-state index is -2.71. The van der Waals surface area contributed by atoms with E-state index in [1.165, 1.54) is 42.2 Å². The highest BCUT2D eigenvalue weighted by Crippen LogP contribution is 2.56. The van der Waals surface area contributed by atoms with Crippen LogP contribution < -0.4 is 0 Å². The Morgan fingerprint density at radius 3 is 2.06 bits per heavy atom. The van der Waals surface area contributed by atoms with Crippen LogP contribution in [-0.4, -0.2) is 9.38 Å². The van der Waals surface area contributed by atoms with Crippen LogP contribution in [0.4, 0.5) is 0 Å². The number of aromatic nitrogens is 2. The van der Waals surface area contributed by atoms with Crippen molar-refractivity contribution in [1.82, 2.24) is 9.38 Å². The lowest BCUT2D eigenvalue weighted by molar-refractivity contribution is 0.296. The van der Waals surface area contributed by atoms with E-state index in [0.29, 0.717) is 32.8 Å². The molecule has 258 valence electrons. The van der Waals surface area contributed by atoms with Crippen molar-refractivity contribution in [3.8, 4) is 33.4 Å². The van der Waals surface area contributed by atoms with Gasteiger partial charge in [0.1, 0.15) is 0 Å². The first kappa shape index (κ1) is 23.1. The molecule has 2 aromatic heterocycles. The molecule has 1 aliphatic rings. The Hall–Kier alpha value is -4.64. The van der Waals surface area contributed by atoms with Crippen LogP contribution in [0.25, 0.3) is 59.6 Å². The Bertz CT molecular complexity index is 3160. The van der Waals surface area contributed by atoms with Crippen LogP contribution in [0.3, 0.4) is 0 Å². The Balaban J connectivity index is 1.36. The molecule has 0 aliphatic carbocycles. The van der Waals surface area contributed by atoms with Crippen LogP contribution in [-0.2, 0) is 17.2 Å². The molecule has 4 heteroatoms. The normalized spacial score (nSPS) is 19.0. The number of imidazole rings is 1. The molecule has 0 amide bonds. The molecule has 0 fully saturated rings. The van der Waals surface area contributed by atoms with Gasteiger partial charge >= 0.3 is 0 Å². The first-order valence-corrected chi connectivity index (χ1v) is 19.0. The summed E-state index contributed by atoms with van der Waals surface area (Å²) in [6, 6.07) is 32.6. The minimum Gasteiger partial charge on any atom is -0.283 e. The maximum Gasteiger partial charge on any atom is 0.195 e. The third kappa shape index (κ3) is 4.80. The van der Waals surface area contributed by atoms with Crippen LogP contribution in [0.15, 0.2) is 119 Å². The summed E-state index contributed by atoms with van der Waals surface area (Å²) in [7, 11) is 0. The third-order valence-electron chi connectivity index (χ3n) is 11.4. The summed E-state index contributed by atoms with van der Waals surface area (Å²) < 4.78 is 99.6. The fraction of sp³-hybridized carbons (Fsp3) is 0.229. The van der Waals surface area contributed by atoms with E-state index in [4.69, 9.17) is 20.1 Å². The van der Waals surface area contributed by atoms with Gasteiger partial charge in [0.25, 0.3) is 0 Å². The van der Waals surface area contributed by atoms with Crippen molar-refractivity contribution in [2.45, 2.75) is 82.2 Å². The van der Waals surface area contributed by atoms with Crippen molar-refractivity contribution < 1.29 is 15.1 Å². The molecule has 0 radical (unpaired) electrons. The monoisotopic (exact) mass is 723 g/mol. The Morgan fingerprint density at radius 2 is 1.33 bits per heavy atom. The summed E-state index contributed by atoms with van der Waals surface area (Å²) in [6.07, 6.45) is -1.83. The van der Waals surface area contributed by atoms with Crippen LogP contribution in [0.1, 0.15) is 83.1 Å². The van der Waals surface area contributed by atoms with E-state index in [0.717, 1.165) is 42.2 Å². The van der Waals surface area contributed by atoms with Crippen molar-refractivity contribution in [3.05, 3.63) is 143 Å². The summed E-state index contributed by atoms with van der Waals surface area (Å²) in [5.74, 6) is 0. The van der Waals surface area contributed by atoms with Gasteiger partial charge in [-0.15, -0.1) is 0 Å². The van der Waals surface area contributed by atoms with E-state index < -0.39 is 32.3 Å². The molecule has 0 bridgehead atoms. The predicted octanol–water partition coefficient (Wildman–Crippen LogP) is 13.9. The molecule has 0 spiro atoms. The van der Waals surface area contributed by atoms with Gasteiger partial charge in [-0.05, 0) is 135 Å². The van der Waals surface area contributed by atoms with E-state index in [9.17, 15) is 0 Å². The number of para-hydroxylation sites is 2. The predicted molar refractivity (Wildman–Crippen MR) is 225 cm³/mol. The number of hydrogen-bond donors (Lipinski definition) is 0. The summed E-state index contributed by atoms with van der Waals surface area (Å²) >= 11 is 2.89. The number of aryl methyl sites for hydroxylation is 4. The third-order valence-corrected chi connectivity index (χ3v) is 13.7. The standard InChI is InChI=1S/C48H44N2S2/c1-9-31-23-25-40-45(52-46-49-38-15-11-12-16-39(38)50(40)46)43(31)33-22-19-29(3)35(27-33)34-26-32(21-18-28(34)2)42-30(4)20-24-37-44(42)51-41-17-13-10-14-36(41)47(5,6)48(37,7)8/h10-27H,9H2,1-8H3/i2D3,3D3,4D3,9D2. The molecule has 52 heavy (non-hydrogen) atoms. The zero-order valence-electron chi connectivity index (χ0n) is 40.6. The molecule has 2 nitrogen and oxygen atoms in total. The summed E-state index contributed by atoms with van der Waals surface area (Å²) in [4.78, 5) is 7.29. The molecule has 0 unspecified atom stereocenters. The number of nitrogens with zero attached hydrogens (tertiary/aromatic N) is 2. The van der Waals surface area contributed by atoms with Crippen molar-refractivity contribution in [2.75, 3.05) is 0 Å². The van der Waals surface area contributed by atoms with Gasteiger partial charge in [0.2, 0.25) is 0 Å². The molecule has 3 heterocycles. The largest absolute Gasteiger partial charge is 0.283 e. The molecule has 9 rings (SSSR count). The van der Waals surface area contributed by atoms with Gasteiger partial charge in [0.15, 0.2) is 4.96 Å². The van der Waals surface area contributed by atoms with Gasteiger partial charge in [-0.1, -0.05) is 131 Å². The van der Waals surface area contributed by atoms with Crippen molar-refractivity contribution >= 4 is 49.3 Å². The Kier molecular flexibility index (Phi) is 5.31. The molecule has 6 aromatic carbocycles. The van der Waals surface area contributed by atoms with Gasteiger partial charge in [0, 0.05) is 30.4 Å². The van der Waals surface area contributed by atoms with E-state index in [1.807, 2.05) is 59.0 Å². The van der Waals surface area contributed by atoms with Crippen LogP contribution >= 0.6 is 23.1 Å². The number of hydrogen-bond acceptors (Lipinski definition) is 3. The second-order valence-electron chi connectivity index (χ2n) is 14.6. The zero-order valence-corrected chi connectivity index (χ0v) is 31.2. The molecule has 1 aliphatic heterocycles. The van der Waals surface area contributed by atoms with Crippen molar-refractivity contribution in [2.24, 2.45) is 0 Å². The summed E-state index contributed by atoms with van der Waals surface area (Å²) in [6.45, 7) is 2.21. The van der Waals surface area contributed by atoms with E-state index in [-0.39, 0.29) is 33.2 Å². The minimum absolute atomic E-state index is 0.0934. The van der Waals surface area contributed by atoms with E-state index >= 15 is 0 Å². The molecule has 0 saturated heterocycles. The highest BCUT2D eigenvalue weighted by molar-refractivity contribution is 7.99. The zero-order chi connectivity index (χ0) is 45.4. The highest BCUT2D eigenvalue weighted by atomic mass is 32.2. The number of rotatable bonds is 4. The fourth-order valence-electron chi connectivity index (χ4n) is 7.91. The van der Waals surface area contributed by atoms with E-state index in [2.05, 4.69) is 33.8 Å². The van der Waals surface area contributed by atoms with Crippen LogP contribution in [0.2, 0.25) is 0 Å². The summed E-state index contributed by atoms with van der Waals surface area (Å²) in [5.41, 5.74) is 6.08. The average Bonchev–Trinajstić information content (AvgIpc) is 3.73. The first-order chi connectivity index (χ1) is 29.3. The smallest absolute Gasteiger partial charge is 0.195 e. The van der Waals surface area contributed by atoms with Gasteiger partial charge < -0.3 is 0 Å². The highest BCUT2D eigenvalue weighted by Gasteiger charge is 2.45. The van der Waals surface area contributed by atoms with Gasteiger partial charge in [-0.3, -0.25) is 4.40 Å². The summed E-state index contributed by atoms with van der Waals surface area (Å²) in [5, 5.41) is 0. The van der Waals surface area contributed by atoms with Gasteiger partial charge in [-0.2, -0.15) is 0 Å². The lowest BCUT2D eigenvalue weighted by Crippen LogP contribution is -2.40. The quantitative estimate of drug-likeness (QED) is 0.180. The molecular weight excluding hydrogens is 669 g/mol. The molecule has 8 aromatic rings. The van der Waals surface area contributed by atoms with Crippen molar-refractivity contribution in [1.29, 1.82) is 0 Å².